The number of carbonyl (C=O) groups is 1. The molecule has 0 aromatic heterocycles. The molecule has 6 rings (SSSR count). The molecule has 8 heteroatoms. The average Bonchev–Trinajstić information content (AvgIpc) is 3.07. The van der Waals surface area contributed by atoms with Crippen LogP contribution in [0.3, 0.4) is 0 Å². The maximum Gasteiger partial charge on any atom is 0.262 e. The summed E-state index contributed by atoms with van der Waals surface area (Å²) in [5.74, 6) is 4.85. The molecule has 2 aromatic carbocycles. The van der Waals surface area contributed by atoms with Gasteiger partial charge in [0, 0.05) is 34.3 Å². The zero-order valence-corrected chi connectivity index (χ0v) is 25.4. The van der Waals surface area contributed by atoms with Gasteiger partial charge in [0.05, 0.1) is 28.1 Å². The number of aliphatic hydroxyl groups is 1. The second-order valence-electron chi connectivity index (χ2n) is 12.5. The Balaban J connectivity index is 1.42. The van der Waals surface area contributed by atoms with Crippen molar-refractivity contribution in [2.75, 3.05) is 24.6 Å². The van der Waals surface area contributed by atoms with Crippen LogP contribution in [-0.4, -0.2) is 52.1 Å². The molecule has 1 amide bonds. The molecule has 1 fully saturated rings. The Morgan fingerprint density at radius 1 is 1.22 bits per heavy atom. The van der Waals surface area contributed by atoms with Crippen molar-refractivity contribution in [2.45, 2.75) is 75.1 Å². The maximum atomic E-state index is 13.6. The molecule has 220 valence electrons. The molecule has 6 atom stereocenters. The predicted octanol–water partition coefficient (Wildman–Crippen LogP) is 5.69. The highest BCUT2D eigenvalue weighted by Crippen LogP contribution is 2.46. The molecule has 2 bridgehead atoms. The summed E-state index contributed by atoms with van der Waals surface area (Å²) in [5.41, 5.74) is 3.69. The minimum Gasteiger partial charge on any atom is -0.490 e. The molecule has 1 spiro atoms. The topological polar surface area (TPSA) is 78.9 Å². The van der Waals surface area contributed by atoms with E-state index in [-0.39, 0.29) is 22.5 Å². The molecule has 1 unspecified atom stereocenters. The average molecular weight is 597 g/mol. The number of nitrogens with zero attached hydrogens (tertiary/aromatic N) is 1. The zero-order chi connectivity index (χ0) is 28.8. The second kappa shape index (κ2) is 11.3. The number of ether oxygens (including phenoxy) is 1. The first-order valence-corrected chi connectivity index (χ1v) is 17.2. The number of hydrogen-bond acceptors (Lipinski definition) is 5. The molecule has 2 heterocycles. The van der Waals surface area contributed by atoms with Crippen LogP contribution in [0.25, 0.3) is 0 Å². The normalized spacial score (nSPS) is 34.3. The van der Waals surface area contributed by atoms with Gasteiger partial charge in [0.2, 0.25) is 0 Å². The molecule has 2 aromatic rings. The van der Waals surface area contributed by atoms with Crippen molar-refractivity contribution in [2.24, 2.45) is 11.8 Å². The van der Waals surface area contributed by atoms with E-state index in [2.05, 4.69) is 27.6 Å². The quantitative estimate of drug-likeness (QED) is 0.327. The minimum atomic E-state index is -2.87. The first-order valence-electron chi connectivity index (χ1n) is 15.0. The van der Waals surface area contributed by atoms with Crippen molar-refractivity contribution in [1.29, 1.82) is 0 Å². The van der Waals surface area contributed by atoms with Gasteiger partial charge in [0.15, 0.2) is 0 Å². The fourth-order valence-corrected chi connectivity index (χ4v) is 9.28. The predicted molar refractivity (Wildman–Crippen MR) is 168 cm³/mol. The summed E-state index contributed by atoms with van der Waals surface area (Å²) < 4.78 is 22.9. The Kier molecular flexibility index (Phi) is 7.90. The number of aryl methyl sites for hydroxylation is 1. The van der Waals surface area contributed by atoms with Gasteiger partial charge in [-0.3, -0.25) is 9.52 Å². The highest BCUT2D eigenvalue weighted by Gasteiger charge is 2.44. The summed E-state index contributed by atoms with van der Waals surface area (Å²) in [4.78, 5) is 15.9. The highest BCUT2D eigenvalue weighted by molar-refractivity contribution is 7.99. The number of rotatable bonds is 1. The van der Waals surface area contributed by atoms with Crippen molar-refractivity contribution in [3.05, 3.63) is 70.3 Å². The first kappa shape index (κ1) is 28.6. The zero-order valence-electron chi connectivity index (χ0n) is 23.8. The largest absolute Gasteiger partial charge is 0.490 e. The summed E-state index contributed by atoms with van der Waals surface area (Å²) in [7, 11) is -2.87. The van der Waals surface area contributed by atoms with E-state index in [1.807, 2.05) is 37.3 Å². The third-order valence-electron chi connectivity index (χ3n) is 9.92. The third-order valence-corrected chi connectivity index (χ3v) is 12.3. The molecule has 4 aliphatic rings. The number of halogens is 1. The van der Waals surface area contributed by atoms with Crippen molar-refractivity contribution in [3.8, 4) is 5.75 Å². The highest BCUT2D eigenvalue weighted by atomic mass is 35.5. The standard InChI is InChI=1S/C33H41ClN2O4S/c1-3-26-8-4-5-9-30(37)27-13-10-24(27)19-36-20-33(16-6-7-22-17-25(34)12-14-28(22)33)21-40-31-15-11-23(18-29(31)36)32(38)35-41(26,2)39/h5,9,11-12,14-15,17-18,24,26-27,30,37H,2-4,6-8,10,13,16,19-21H2,1H3,(H,35,38,39)/b9-5-/t24-,26+,27+,30-,33-,41?/m0/s1. The number of nitrogens with one attached hydrogen (secondary N) is 1. The van der Waals surface area contributed by atoms with E-state index in [1.165, 1.54) is 11.1 Å². The van der Waals surface area contributed by atoms with Crippen LogP contribution in [0, 0.1) is 11.8 Å². The fraction of sp³-hybridized carbons (Fsp3) is 0.515. The number of amides is 1. The number of hydrogen-bond donors (Lipinski definition) is 2. The molecular formula is C33H41ClN2O4S. The van der Waals surface area contributed by atoms with Crippen molar-refractivity contribution in [1.82, 2.24) is 4.72 Å². The Hall–Kier alpha value is -2.48. The van der Waals surface area contributed by atoms with Gasteiger partial charge in [-0.25, -0.2) is 4.21 Å². The molecule has 0 radical (unpaired) electrons. The van der Waals surface area contributed by atoms with Crippen LogP contribution in [0.2, 0.25) is 5.02 Å². The monoisotopic (exact) mass is 596 g/mol. The number of benzene rings is 2. The van der Waals surface area contributed by atoms with Gasteiger partial charge in [-0.1, -0.05) is 36.7 Å². The van der Waals surface area contributed by atoms with Gasteiger partial charge in [-0.2, -0.15) is 0 Å². The van der Waals surface area contributed by atoms with Gasteiger partial charge in [-0.15, -0.1) is 0 Å². The number of carbonyl (C=O) groups excluding carboxylic acids is 1. The van der Waals surface area contributed by atoms with E-state index in [0.29, 0.717) is 37.4 Å². The number of aliphatic hydroxyl groups excluding tert-OH is 1. The number of anilines is 1. The van der Waals surface area contributed by atoms with E-state index in [4.69, 9.17) is 16.3 Å². The molecule has 6 nitrogen and oxygen atoms in total. The van der Waals surface area contributed by atoms with E-state index in [0.717, 1.165) is 61.7 Å². The van der Waals surface area contributed by atoms with Gasteiger partial charge < -0.3 is 14.7 Å². The van der Waals surface area contributed by atoms with Crippen LogP contribution in [0.5, 0.6) is 5.75 Å². The lowest BCUT2D eigenvalue weighted by molar-refractivity contribution is 0.0456. The molecule has 2 aliphatic heterocycles. The van der Waals surface area contributed by atoms with E-state index in [9.17, 15) is 14.1 Å². The van der Waals surface area contributed by atoms with Crippen molar-refractivity contribution >= 4 is 38.8 Å². The smallest absolute Gasteiger partial charge is 0.262 e. The molecule has 2 aliphatic carbocycles. The van der Waals surface area contributed by atoms with Crippen LogP contribution in [-0.2, 0) is 21.5 Å². The maximum absolute atomic E-state index is 13.6. The van der Waals surface area contributed by atoms with Crippen LogP contribution >= 0.6 is 11.6 Å². The van der Waals surface area contributed by atoms with Gasteiger partial charge >= 0.3 is 0 Å². The van der Waals surface area contributed by atoms with Gasteiger partial charge in [0.1, 0.15) is 5.75 Å². The van der Waals surface area contributed by atoms with E-state index >= 15 is 0 Å². The van der Waals surface area contributed by atoms with Gasteiger partial charge in [0.25, 0.3) is 5.91 Å². The molecule has 1 saturated carbocycles. The van der Waals surface area contributed by atoms with Crippen LogP contribution < -0.4 is 14.4 Å². The SMILES string of the molecule is C=S1(=O)NC(=O)c2ccc3c(c2)N(C[C@@H]2CC[C@H]2[C@@H](O)/C=C\CC[C@H]1CC)C[C@@]1(CCCc2cc(Cl)ccc21)CO3. The van der Waals surface area contributed by atoms with Gasteiger partial charge in [-0.05, 0) is 111 Å². The van der Waals surface area contributed by atoms with E-state index in [1.54, 1.807) is 6.07 Å². The lowest BCUT2D eigenvalue weighted by Gasteiger charge is -2.45. The summed E-state index contributed by atoms with van der Waals surface area (Å²) >= 11 is 6.40. The lowest BCUT2D eigenvalue weighted by atomic mass is 9.68. The van der Waals surface area contributed by atoms with Crippen LogP contribution in [0.15, 0.2) is 48.6 Å². The Bertz CT molecular complexity index is 1460. The fourth-order valence-electron chi connectivity index (χ4n) is 7.43. The summed E-state index contributed by atoms with van der Waals surface area (Å²) in [6.45, 7) is 4.04. The third kappa shape index (κ3) is 5.53. The second-order valence-corrected chi connectivity index (χ2v) is 15.2. The summed E-state index contributed by atoms with van der Waals surface area (Å²) in [6, 6.07) is 11.8. The first-order chi connectivity index (χ1) is 19.7. The summed E-state index contributed by atoms with van der Waals surface area (Å²) in [6.07, 6.45) is 10.5. The van der Waals surface area contributed by atoms with Crippen molar-refractivity contribution in [3.63, 3.8) is 0 Å². The van der Waals surface area contributed by atoms with E-state index < -0.39 is 15.8 Å². The van der Waals surface area contributed by atoms with Crippen LogP contribution in [0.4, 0.5) is 5.69 Å². The Morgan fingerprint density at radius 2 is 2.07 bits per heavy atom. The Labute approximate surface area is 249 Å². The van der Waals surface area contributed by atoms with Crippen LogP contribution in [0.1, 0.15) is 73.4 Å². The molecular weight excluding hydrogens is 556 g/mol. The number of fused-ring (bicyclic) bond motifs is 4. The Morgan fingerprint density at radius 3 is 2.85 bits per heavy atom. The van der Waals surface area contributed by atoms with Crippen molar-refractivity contribution < 1.29 is 18.8 Å². The number of allylic oxidation sites excluding steroid dienone is 1. The molecule has 0 saturated heterocycles. The molecule has 41 heavy (non-hydrogen) atoms. The minimum absolute atomic E-state index is 0.186. The molecule has 2 N–H and O–H groups in total. The lowest BCUT2D eigenvalue weighted by Crippen LogP contribution is -2.49. The summed E-state index contributed by atoms with van der Waals surface area (Å²) in [5, 5.41) is 11.6.